The summed E-state index contributed by atoms with van der Waals surface area (Å²) in [5, 5.41) is 9.15. The largest absolute Gasteiger partial charge is 0.466 e. The Morgan fingerprint density at radius 1 is 0.528 bits per heavy atom. The summed E-state index contributed by atoms with van der Waals surface area (Å²) >= 11 is 0. The van der Waals surface area contributed by atoms with Gasteiger partial charge in [0.1, 0.15) is 12.7 Å². The van der Waals surface area contributed by atoms with Crippen LogP contribution in [-0.4, -0.2) is 66.8 Å². The monoisotopic (exact) mass is 760 g/mol. The molecule has 0 aliphatic carbocycles. The highest BCUT2D eigenvalue weighted by atomic mass is 19.3. The molecule has 0 aromatic rings. The highest BCUT2D eigenvalue weighted by Gasteiger charge is 2.30. The van der Waals surface area contributed by atoms with Crippen LogP contribution >= 0.6 is 0 Å². The van der Waals surface area contributed by atoms with E-state index in [2.05, 4.69) is 20.8 Å². The third-order valence-electron chi connectivity index (χ3n) is 10.5. The van der Waals surface area contributed by atoms with Crippen LogP contribution in [0, 0.1) is 0 Å². The van der Waals surface area contributed by atoms with Gasteiger partial charge < -0.3 is 14.6 Å². The fourth-order valence-electron chi connectivity index (χ4n) is 7.05. The van der Waals surface area contributed by atoms with Crippen molar-refractivity contribution < 1.29 is 33.0 Å². The molecule has 0 saturated heterocycles. The van der Waals surface area contributed by atoms with Crippen molar-refractivity contribution in [3.05, 3.63) is 0 Å². The predicted molar refractivity (Wildman–Crippen MR) is 219 cm³/mol. The summed E-state index contributed by atoms with van der Waals surface area (Å²) < 4.78 is 39.5. The van der Waals surface area contributed by atoms with E-state index >= 15 is 0 Å². The van der Waals surface area contributed by atoms with Gasteiger partial charge in [0.15, 0.2) is 0 Å². The van der Waals surface area contributed by atoms with Crippen molar-refractivity contribution in [2.24, 2.45) is 0 Å². The van der Waals surface area contributed by atoms with E-state index in [1.807, 2.05) is 0 Å². The fraction of sp³-hybridized carbons (Fsp3) is 0.956. The maximum Gasteiger partial charge on any atom is 0.306 e. The fourth-order valence-corrected chi connectivity index (χ4v) is 7.05. The molecule has 0 saturated carbocycles. The molecule has 8 heteroatoms. The SMILES string of the molecule is CCCCCCCCCCCOC(=O)CCCCCN(CCCCCCCC(=O)OC(CCCCCCCC)CCCCCCCC)CC(F)(F)CO. The molecule has 0 heterocycles. The first-order valence-electron chi connectivity index (χ1n) is 22.8. The maximum absolute atomic E-state index is 14.1. The normalized spacial score (nSPS) is 11.9. The number of esters is 2. The molecule has 0 rings (SSSR count). The Labute approximate surface area is 326 Å². The number of rotatable bonds is 42. The average molecular weight is 760 g/mol. The van der Waals surface area contributed by atoms with Crippen LogP contribution < -0.4 is 0 Å². The first-order valence-corrected chi connectivity index (χ1v) is 22.8. The maximum atomic E-state index is 14.1. The Morgan fingerprint density at radius 2 is 0.906 bits per heavy atom. The van der Waals surface area contributed by atoms with E-state index in [-0.39, 0.29) is 18.0 Å². The molecular formula is C45H87F2NO5. The van der Waals surface area contributed by atoms with Gasteiger partial charge in [0.05, 0.1) is 13.2 Å². The number of halogens is 2. The first-order chi connectivity index (χ1) is 25.8. The van der Waals surface area contributed by atoms with Crippen LogP contribution in [0.5, 0.6) is 0 Å². The summed E-state index contributed by atoms with van der Waals surface area (Å²) in [5.74, 6) is -3.36. The molecule has 1 N–H and O–H groups in total. The number of nitrogens with zero attached hydrogens (tertiary/aromatic N) is 1. The standard InChI is InChI=1S/C45H87F2NO5/c1-4-7-10-13-16-17-18-24-32-39-52-43(50)35-29-25-31-38-48(40-45(46,47)41-49)37-30-23-19-22-28-36-44(51)53-42(33-26-20-14-11-8-5-2)34-27-21-15-12-9-6-3/h42,49H,4-41H2,1-3H3. The zero-order chi connectivity index (χ0) is 39.1. The first kappa shape index (κ1) is 51.7. The molecule has 0 aliphatic rings. The van der Waals surface area contributed by atoms with Gasteiger partial charge >= 0.3 is 11.9 Å². The van der Waals surface area contributed by atoms with Crippen LogP contribution in [0.15, 0.2) is 0 Å². The van der Waals surface area contributed by atoms with Crippen LogP contribution in [0.2, 0.25) is 0 Å². The molecule has 0 amide bonds. The highest BCUT2D eigenvalue weighted by molar-refractivity contribution is 5.69. The van der Waals surface area contributed by atoms with Gasteiger partial charge in [0, 0.05) is 12.8 Å². The van der Waals surface area contributed by atoms with Crippen molar-refractivity contribution in [1.29, 1.82) is 0 Å². The van der Waals surface area contributed by atoms with Gasteiger partial charge in [0.25, 0.3) is 5.92 Å². The summed E-state index contributed by atoms with van der Waals surface area (Å²) in [6.45, 7) is 6.67. The Bertz CT molecular complexity index is 783. The van der Waals surface area contributed by atoms with Gasteiger partial charge in [0.2, 0.25) is 0 Å². The van der Waals surface area contributed by atoms with Gasteiger partial charge in [-0.05, 0) is 70.9 Å². The van der Waals surface area contributed by atoms with E-state index in [9.17, 15) is 18.4 Å². The summed E-state index contributed by atoms with van der Waals surface area (Å²) in [4.78, 5) is 26.6. The van der Waals surface area contributed by atoms with Gasteiger partial charge in [-0.25, -0.2) is 8.78 Å². The molecule has 316 valence electrons. The molecule has 0 radical (unpaired) electrons. The number of hydrogen-bond donors (Lipinski definition) is 1. The number of hydrogen-bond acceptors (Lipinski definition) is 6. The van der Waals surface area contributed by atoms with Crippen LogP contribution in [0.4, 0.5) is 8.78 Å². The van der Waals surface area contributed by atoms with Crippen molar-refractivity contribution in [3.8, 4) is 0 Å². The van der Waals surface area contributed by atoms with E-state index in [4.69, 9.17) is 14.6 Å². The molecule has 0 atom stereocenters. The minimum Gasteiger partial charge on any atom is -0.466 e. The van der Waals surface area contributed by atoms with E-state index in [0.717, 1.165) is 83.5 Å². The van der Waals surface area contributed by atoms with E-state index < -0.39 is 19.1 Å². The topological polar surface area (TPSA) is 76.1 Å². The molecule has 0 aromatic carbocycles. The van der Waals surface area contributed by atoms with Crippen molar-refractivity contribution >= 4 is 11.9 Å². The zero-order valence-electron chi connectivity index (χ0n) is 35.2. The van der Waals surface area contributed by atoms with Crippen LogP contribution in [0.3, 0.4) is 0 Å². The minimum atomic E-state index is -3.12. The number of aliphatic hydroxyl groups is 1. The molecular weight excluding hydrogens is 672 g/mol. The minimum absolute atomic E-state index is 0.0473. The number of unbranched alkanes of at least 4 members (excludes halogenated alkanes) is 24. The van der Waals surface area contributed by atoms with Crippen LogP contribution in [0.25, 0.3) is 0 Å². The number of alkyl halides is 2. The third-order valence-corrected chi connectivity index (χ3v) is 10.5. The Kier molecular flexibility index (Phi) is 38.0. The second kappa shape index (κ2) is 39.0. The Hall–Kier alpha value is -1.28. The predicted octanol–water partition coefficient (Wildman–Crippen LogP) is 13.3. The average Bonchev–Trinajstić information content (AvgIpc) is 3.14. The summed E-state index contributed by atoms with van der Waals surface area (Å²) in [5.41, 5.74) is 0. The third kappa shape index (κ3) is 37.4. The summed E-state index contributed by atoms with van der Waals surface area (Å²) in [6, 6.07) is 0. The van der Waals surface area contributed by atoms with Gasteiger partial charge in [-0.15, -0.1) is 0 Å². The van der Waals surface area contributed by atoms with Crippen molar-refractivity contribution in [3.63, 3.8) is 0 Å². The smallest absolute Gasteiger partial charge is 0.306 e. The number of aliphatic hydroxyl groups excluding tert-OH is 1. The summed E-state index contributed by atoms with van der Waals surface area (Å²) in [6.07, 6.45) is 35.4. The molecule has 0 fully saturated rings. The highest BCUT2D eigenvalue weighted by Crippen LogP contribution is 2.20. The van der Waals surface area contributed by atoms with Crippen molar-refractivity contribution in [2.45, 2.75) is 245 Å². The van der Waals surface area contributed by atoms with E-state index in [1.165, 1.54) is 109 Å². The summed E-state index contributed by atoms with van der Waals surface area (Å²) in [7, 11) is 0. The van der Waals surface area contributed by atoms with Crippen LogP contribution in [0.1, 0.15) is 233 Å². The van der Waals surface area contributed by atoms with Crippen molar-refractivity contribution in [1.82, 2.24) is 4.90 Å². The van der Waals surface area contributed by atoms with Gasteiger partial charge in [-0.1, -0.05) is 162 Å². The van der Waals surface area contributed by atoms with Crippen LogP contribution in [-0.2, 0) is 19.1 Å². The molecule has 0 spiro atoms. The second-order valence-corrected chi connectivity index (χ2v) is 15.9. The lowest BCUT2D eigenvalue weighted by atomic mass is 10.0. The molecule has 0 aromatic heterocycles. The quantitative estimate of drug-likeness (QED) is 0.0493. The Balaban J connectivity index is 4.24. The molecule has 6 nitrogen and oxygen atoms in total. The molecule has 0 bridgehead atoms. The Morgan fingerprint density at radius 3 is 1.38 bits per heavy atom. The lowest BCUT2D eigenvalue weighted by Crippen LogP contribution is -2.40. The van der Waals surface area contributed by atoms with E-state index in [1.54, 1.807) is 4.90 Å². The lowest BCUT2D eigenvalue weighted by Gasteiger charge is -2.26. The van der Waals surface area contributed by atoms with Gasteiger partial charge in [-0.3, -0.25) is 14.5 Å². The molecule has 0 aliphatic heterocycles. The second-order valence-electron chi connectivity index (χ2n) is 15.9. The van der Waals surface area contributed by atoms with Crippen molar-refractivity contribution in [2.75, 3.05) is 32.8 Å². The van der Waals surface area contributed by atoms with Gasteiger partial charge in [-0.2, -0.15) is 0 Å². The number of carbonyl (C=O) groups is 2. The number of carbonyl (C=O) groups excluding carboxylic acids is 2. The lowest BCUT2D eigenvalue weighted by molar-refractivity contribution is -0.150. The zero-order valence-corrected chi connectivity index (χ0v) is 35.2. The van der Waals surface area contributed by atoms with E-state index in [0.29, 0.717) is 39.0 Å². The molecule has 0 unspecified atom stereocenters. The number of ether oxygens (including phenoxy) is 2. The molecule has 53 heavy (non-hydrogen) atoms.